The third kappa shape index (κ3) is 0.944. The van der Waals surface area contributed by atoms with Crippen LogP contribution in [0.25, 0.3) is 0 Å². The summed E-state index contributed by atoms with van der Waals surface area (Å²) in [7, 11) is 0. The molecule has 2 aliphatic rings. The van der Waals surface area contributed by atoms with E-state index in [0.29, 0.717) is 12.3 Å². The van der Waals surface area contributed by atoms with E-state index in [0.717, 1.165) is 13.2 Å². The van der Waals surface area contributed by atoms with Crippen molar-refractivity contribution in [2.75, 3.05) is 13.2 Å². The number of fused-ring (bicyclic) bond motifs is 1. The third-order valence-electron chi connectivity index (χ3n) is 3.35. The van der Waals surface area contributed by atoms with E-state index < -0.39 is 0 Å². The summed E-state index contributed by atoms with van der Waals surface area (Å²) in [5.41, 5.74) is 1.34. The second-order valence-corrected chi connectivity index (χ2v) is 4.13. The molecule has 0 saturated carbocycles. The molecule has 1 fully saturated rings. The van der Waals surface area contributed by atoms with E-state index in [1.54, 1.807) is 6.08 Å². The fourth-order valence-corrected chi connectivity index (χ4v) is 2.14. The van der Waals surface area contributed by atoms with Crippen LogP contribution in [0.4, 0.5) is 0 Å². The molecule has 2 atom stereocenters. The Morgan fingerprint density at radius 3 is 3.17 bits per heavy atom. The fourth-order valence-electron chi connectivity index (χ4n) is 2.14. The number of hydrogen-bond acceptors (Lipinski definition) is 2. The monoisotopic (exact) mass is 166 g/mol. The van der Waals surface area contributed by atoms with Gasteiger partial charge in [0.2, 0.25) is 0 Å². The molecule has 1 heterocycles. The summed E-state index contributed by atoms with van der Waals surface area (Å²) < 4.78 is 5.42. The van der Waals surface area contributed by atoms with Gasteiger partial charge in [-0.15, -0.1) is 0 Å². The quantitative estimate of drug-likeness (QED) is 0.546. The molecule has 0 aromatic rings. The summed E-state index contributed by atoms with van der Waals surface area (Å²) >= 11 is 0. The molecule has 66 valence electrons. The van der Waals surface area contributed by atoms with Gasteiger partial charge in [-0.2, -0.15) is 0 Å². The average Bonchev–Trinajstić information content (AvgIpc) is 2.33. The standard InChI is InChI=1S/C10H14O2/c1-7-3-9(11)4-8-5-12-6-10(7,8)2/h3,8H,4-6H2,1-2H3/t8-,10-/m1/s1. The zero-order chi connectivity index (χ0) is 8.77. The van der Waals surface area contributed by atoms with Crippen LogP contribution in [-0.4, -0.2) is 19.0 Å². The molecule has 0 N–H and O–H groups in total. The lowest BCUT2D eigenvalue weighted by Crippen LogP contribution is -2.32. The van der Waals surface area contributed by atoms with Crippen LogP contribution in [0.5, 0.6) is 0 Å². The van der Waals surface area contributed by atoms with Crippen LogP contribution >= 0.6 is 0 Å². The number of allylic oxidation sites excluding steroid dienone is 1. The lowest BCUT2D eigenvalue weighted by Gasteiger charge is -2.33. The molecule has 0 aromatic carbocycles. The van der Waals surface area contributed by atoms with Crippen LogP contribution in [0.2, 0.25) is 0 Å². The Labute approximate surface area is 72.6 Å². The Bertz CT molecular complexity index is 255. The zero-order valence-corrected chi connectivity index (χ0v) is 7.59. The van der Waals surface area contributed by atoms with E-state index >= 15 is 0 Å². The Hall–Kier alpha value is -0.630. The minimum atomic E-state index is 0.147. The molecule has 0 unspecified atom stereocenters. The minimum absolute atomic E-state index is 0.147. The van der Waals surface area contributed by atoms with Crippen LogP contribution < -0.4 is 0 Å². The average molecular weight is 166 g/mol. The van der Waals surface area contributed by atoms with Crippen molar-refractivity contribution < 1.29 is 9.53 Å². The van der Waals surface area contributed by atoms with Gasteiger partial charge in [0.25, 0.3) is 0 Å². The summed E-state index contributed by atoms with van der Waals surface area (Å²) in [6, 6.07) is 0. The van der Waals surface area contributed by atoms with Gasteiger partial charge in [-0.25, -0.2) is 0 Å². The SMILES string of the molecule is CC1=CC(=O)C[C@@H]2COC[C@]12C. The number of ketones is 1. The highest BCUT2D eigenvalue weighted by Crippen LogP contribution is 2.44. The Kier molecular flexibility index (Phi) is 1.62. The highest BCUT2D eigenvalue weighted by molar-refractivity contribution is 5.91. The van der Waals surface area contributed by atoms with Crippen molar-refractivity contribution in [1.29, 1.82) is 0 Å². The maximum absolute atomic E-state index is 11.2. The molecule has 0 spiro atoms. The third-order valence-corrected chi connectivity index (χ3v) is 3.35. The van der Waals surface area contributed by atoms with Gasteiger partial charge >= 0.3 is 0 Å². The zero-order valence-electron chi connectivity index (χ0n) is 7.59. The predicted octanol–water partition coefficient (Wildman–Crippen LogP) is 1.56. The van der Waals surface area contributed by atoms with E-state index in [-0.39, 0.29) is 11.2 Å². The lowest BCUT2D eigenvalue weighted by atomic mass is 9.69. The van der Waals surface area contributed by atoms with E-state index in [1.807, 2.05) is 6.92 Å². The molecule has 1 saturated heterocycles. The van der Waals surface area contributed by atoms with Crippen molar-refractivity contribution >= 4 is 5.78 Å². The van der Waals surface area contributed by atoms with Crippen molar-refractivity contribution in [2.24, 2.45) is 11.3 Å². The van der Waals surface area contributed by atoms with Gasteiger partial charge in [0.05, 0.1) is 13.2 Å². The van der Waals surface area contributed by atoms with Crippen molar-refractivity contribution in [3.05, 3.63) is 11.6 Å². The molecule has 0 aromatic heterocycles. The second-order valence-electron chi connectivity index (χ2n) is 4.13. The Morgan fingerprint density at radius 2 is 2.42 bits per heavy atom. The first-order valence-corrected chi connectivity index (χ1v) is 4.42. The van der Waals surface area contributed by atoms with Crippen molar-refractivity contribution in [3.63, 3.8) is 0 Å². The maximum atomic E-state index is 11.2. The number of carbonyl (C=O) groups excluding carboxylic acids is 1. The summed E-state index contributed by atoms with van der Waals surface area (Å²) in [6.07, 6.45) is 2.46. The van der Waals surface area contributed by atoms with E-state index in [2.05, 4.69) is 6.92 Å². The normalized spacial score (nSPS) is 41.0. The van der Waals surface area contributed by atoms with Crippen LogP contribution in [-0.2, 0) is 9.53 Å². The number of ether oxygens (including phenoxy) is 1. The predicted molar refractivity (Wildman–Crippen MR) is 45.8 cm³/mol. The summed E-state index contributed by atoms with van der Waals surface area (Å²) in [5, 5.41) is 0. The molecule has 1 aliphatic heterocycles. The summed E-state index contributed by atoms with van der Waals surface area (Å²) in [6.45, 7) is 5.78. The van der Waals surface area contributed by atoms with Gasteiger partial charge < -0.3 is 4.74 Å². The van der Waals surface area contributed by atoms with Crippen molar-refractivity contribution in [1.82, 2.24) is 0 Å². The smallest absolute Gasteiger partial charge is 0.156 e. The van der Waals surface area contributed by atoms with Crippen molar-refractivity contribution in [3.8, 4) is 0 Å². The molecule has 0 bridgehead atoms. The molecular formula is C10H14O2. The molecule has 1 aliphatic carbocycles. The second kappa shape index (κ2) is 2.43. The van der Waals surface area contributed by atoms with E-state index in [4.69, 9.17) is 4.74 Å². The van der Waals surface area contributed by atoms with Gasteiger partial charge in [-0.1, -0.05) is 12.5 Å². The summed E-state index contributed by atoms with van der Waals surface area (Å²) in [4.78, 5) is 11.2. The van der Waals surface area contributed by atoms with Crippen LogP contribution in [0.1, 0.15) is 20.3 Å². The van der Waals surface area contributed by atoms with Crippen LogP contribution in [0, 0.1) is 11.3 Å². The number of rotatable bonds is 0. The van der Waals surface area contributed by atoms with E-state index in [1.165, 1.54) is 5.57 Å². The van der Waals surface area contributed by atoms with Gasteiger partial charge in [0, 0.05) is 17.8 Å². The highest BCUT2D eigenvalue weighted by Gasteiger charge is 2.44. The first-order chi connectivity index (χ1) is 5.63. The van der Waals surface area contributed by atoms with Gasteiger partial charge in [0.15, 0.2) is 5.78 Å². The fraction of sp³-hybridized carbons (Fsp3) is 0.700. The van der Waals surface area contributed by atoms with E-state index in [9.17, 15) is 4.79 Å². The first-order valence-electron chi connectivity index (χ1n) is 4.42. The molecule has 0 radical (unpaired) electrons. The first kappa shape index (κ1) is 7.99. The van der Waals surface area contributed by atoms with Crippen LogP contribution in [0.3, 0.4) is 0 Å². The number of carbonyl (C=O) groups is 1. The Morgan fingerprint density at radius 1 is 1.67 bits per heavy atom. The van der Waals surface area contributed by atoms with Gasteiger partial charge in [-0.3, -0.25) is 4.79 Å². The highest BCUT2D eigenvalue weighted by atomic mass is 16.5. The largest absolute Gasteiger partial charge is 0.380 e. The van der Waals surface area contributed by atoms with Crippen molar-refractivity contribution in [2.45, 2.75) is 20.3 Å². The molecule has 0 amide bonds. The Balaban J connectivity index is 2.38. The molecule has 2 heteroatoms. The molecular weight excluding hydrogens is 152 g/mol. The lowest BCUT2D eigenvalue weighted by molar-refractivity contribution is -0.116. The molecule has 2 rings (SSSR count). The maximum Gasteiger partial charge on any atom is 0.156 e. The number of hydrogen-bond donors (Lipinski definition) is 0. The van der Waals surface area contributed by atoms with Gasteiger partial charge in [-0.05, 0) is 13.0 Å². The molecule has 12 heavy (non-hydrogen) atoms. The van der Waals surface area contributed by atoms with Crippen LogP contribution in [0.15, 0.2) is 11.6 Å². The summed E-state index contributed by atoms with van der Waals surface area (Å²) in [5.74, 6) is 0.690. The molecule has 2 nitrogen and oxygen atoms in total. The minimum Gasteiger partial charge on any atom is -0.380 e. The van der Waals surface area contributed by atoms with Gasteiger partial charge in [0.1, 0.15) is 0 Å². The topological polar surface area (TPSA) is 26.3 Å².